The predicted octanol–water partition coefficient (Wildman–Crippen LogP) is 5.17. The third kappa shape index (κ3) is 6.35. The smallest absolute Gasteiger partial charge is 0.410 e. The van der Waals surface area contributed by atoms with Gasteiger partial charge in [0.25, 0.3) is 5.91 Å². The molecule has 0 bridgehead atoms. The van der Waals surface area contributed by atoms with Gasteiger partial charge >= 0.3 is 6.09 Å². The van der Waals surface area contributed by atoms with E-state index in [1.54, 1.807) is 17.3 Å². The van der Waals surface area contributed by atoms with Crippen LogP contribution in [0.3, 0.4) is 0 Å². The predicted molar refractivity (Wildman–Crippen MR) is 165 cm³/mol. The van der Waals surface area contributed by atoms with Crippen molar-refractivity contribution in [1.82, 2.24) is 29.8 Å². The summed E-state index contributed by atoms with van der Waals surface area (Å²) in [4.78, 5) is 36.4. The molecule has 0 spiro atoms. The second-order valence-corrected chi connectivity index (χ2v) is 12.4. The number of rotatable bonds is 6. The van der Waals surface area contributed by atoms with Crippen LogP contribution >= 0.6 is 0 Å². The van der Waals surface area contributed by atoms with Crippen molar-refractivity contribution in [1.29, 1.82) is 0 Å². The molecule has 1 aromatic carbocycles. The van der Waals surface area contributed by atoms with Crippen molar-refractivity contribution < 1.29 is 32.0 Å². The van der Waals surface area contributed by atoms with Crippen molar-refractivity contribution in [2.24, 2.45) is 0 Å². The molecule has 0 saturated carbocycles. The van der Waals surface area contributed by atoms with Crippen LogP contribution in [0.1, 0.15) is 71.9 Å². The number of hydrogen-bond acceptors (Lipinski definition) is 9. The van der Waals surface area contributed by atoms with Gasteiger partial charge < -0.3 is 29.4 Å². The maximum Gasteiger partial charge on any atom is 0.410 e. The van der Waals surface area contributed by atoms with Gasteiger partial charge in [0.15, 0.2) is 17.3 Å². The topological polar surface area (TPSA) is 136 Å². The van der Waals surface area contributed by atoms with Gasteiger partial charge in [-0.1, -0.05) is 0 Å². The number of anilines is 1. The molecule has 2 amide bonds. The molecule has 5 heterocycles. The van der Waals surface area contributed by atoms with Crippen LogP contribution < -0.4 is 10.6 Å². The summed E-state index contributed by atoms with van der Waals surface area (Å²) in [6.07, 6.45) is 6.55. The lowest BCUT2D eigenvalue weighted by Crippen LogP contribution is -2.41. The molecule has 2 fully saturated rings. The molecule has 238 valence electrons. The number of oxazole rings is 1. The van der Waals surface area contributed by atoms with Gasteiger partial charge in [-0.2, -0.15) is 5.10 Å². The Bertz CT molecular complexity index is 1840. The first kappa shape index (κ1) is 26.8. The highest BCUT2D eigenvalue weighted by Gasteiger charge is 2.30. The number of amides is 2. The number of carbonyl (C=O) groups excluding carboxylic acids is 2. The first-order valence-corrected chi connectivity index (χ1v) is 14.9. The molecule has 2 saturated heterocycles. The number of piperidine rings is 1. The highest BCUT2D eigenvalue weighted by molar-refractivity contribution is 5.96. The molecule has 0 radical (unpaired) electrons. The van der Waals surface area contributed by atoms with Crippen LogP contribution in [0.5, 0.6) is 0 Å². The van der Waals surface area contributed by atoms with E-state index in [9.17, 15) is 9.59 Å². The largest absolute Gasteiger partial charge is 0.444 e. The van der Waals surface area contributed by atoms with Crippen molar-refractivity contribution in [3.05, 3.63) is 53.6 Å². The van der Waals surface area contributed by atoms with Crippen LogP contribution in [0.4, 0.5) is 15.0 Å². The Morgan fingerprint density at radius 3 is 2.64 bits per heavy atom. The van der Waals surface area contributed by atoms with Crippen molar-refractivity contribution in [2.75, 3.05) is 38.6 Å². The number of aryl methyl sites for hydroxylation is 1. The minimum atomic E-state index is -2.70. The van der Waals surface area contributed by atoms with E-state index >= 15 is 4.39 Å². The number of benzene rings is 1. The fraction of sp³-hybridized carbons (Fsp3) is 0.469. The summed E-state index contributed by atoms with van der Waals surface area (Å²) in [5.74, 6) is 0.0261. The second kappa shape index (κ2) is 12.1. The molecule has 0 aliphatic carbocycles. The molecule has 13 heteroatoms. The number of hydrogen-bond donors (Lipinski definition) is 2. The fourth-order valence-corrected chi connectivity index (χ4v) is 5.64. The number of fused-ring (bicyclic) bond motifs is 1. The van der Waals surface area contributed by atoms with Crippen LogP contribution in [0.25, 0.3) is 28.1 Å². The van der Waals surface area contributed by atoms with Gasteiger partial charge in [0.05, 0.1) is 30.6 Å². The van der Waals surface area contributed by atoms with Gasteiger partial charge in [-0.3, -0.25) is 4.79 Å². The van der Waals surface area contributed by atoms with Crippen LogP contribution in [-0.2, 0) is 9.47 Å². The number of likely N-dealkylation sites (tertiary alicyclic amines) is 1. The van der Waals surface area contributed by atoms with Gasteiger partial charge in [0.1, 0.15) is 17.2 Å². The molecule has 6 rings (SSSR count). The molecule has 2 N–H and O–H groups in total. The Morgan fingerprint density at radius 2 is 1.93 bits per heavy atom. The van der Waals surface area contributed by atoms with Crippen LogP contribution in [0.15, 0.2) is 35.1 Å². The minimum absolute atomic E-state index is 0.00563. The van der Waals surface area contributed by atoms with E-state index in [4.69, 9.17) is 23.0 Å². The maximum absolute atomic E-state index is 15.6. The van der Waals surface area contributed by atoms with Crippen molar-refractivity contribution >= 4 is 23.5 Å². The molecule has 3 aromatic heterocycles. The maximum atomic E-state index is 15.6. The Labute approximate surface area is 264 Å². The minimum Gasteiger partial charge on any atom is -0.444 e. The van der Waals surface area contributed by atoms with Gasteiger partial charge in [0.2, 0.25) is 0 Å². The van der Waals surface area contributed by atoms with Gasteiger partial charge in [-0.25, -0.2) is 23.7 Å². The Hall–Kier alpha value is -4.52. The first-order valence-electron chi connectivity index (χ1n) is 16.4. The van der Waals surface area contributed by atoms with E-state index in [0.29, 0.717) is 73.4 Å². The average Bonchev–Trinajstić information content (AvgIpc) is 3.78. The highest BCUT2D eigenvalue weighted by atomic mass is 19.1. The van der Waals surface area contributed by atoms with Crippen LogP contribution in [0, 0.1) is 12.7 Å². The summed E-state index contributed by atoms with van der Waals surface area (Å²) < 4.78 is 56.6. The van der Waals surface area contributed by atoms with Crippen molar-refractivity contribution in [2.45, 2.75) is 64.5 Å². The monoisotopic (exact) mass is 622 g/mol. The van der Waals surface area contributed by atoms with E-state index in [2.05, 4.69) is 15.4 Å². The Balaban J connectivity index is 1.32. The molecule has 2 aliphatic heterocycles. The molecular weight excluding hydrogens is 581 g/mol. The standard InChI is InChI=1S/C32H38FN7O5/c1-18-12-20(29(41)34-5)13-22(26(18)33)23-14-36-40-16-24(27(38-28(23)40)37-21-8-11-43-17-21)25-15-35-30(44-25)19-6-9-39(10-7-19)31(42)45-32(2,3)4/h12-16,19,21H,6-11,17H2,1-5H3,(H,34,41)(H,37,38)/t21-/m0/s1/i5D3. The summed E-state index contributed by atoms with van der Waals surface area (Å²) in [7, 11) is 0. The first-order chi connectivity index (χ1) is 22.6. The zero-order chi connectivity index (χ0) is 34.4. The Kier molecular flexibility index (Phi) is 7.22. The van der Waals surface area contributed by atoms with Crippen LogP contribution in [-0.4, -0.2) is 81.4 Å². The zero-order valence-electron chi connectivity index (χ0n) is 28.6. The van der Waals surface area contributed by atoms with Gasteiger partial charge in [0, 0.05) is 59.6 Å². The summed E-state index contributed by atoms with van der Waals surface area (Å²) in [5, 5.41) is 9.82. The molecule has 45 heavy (non-hydrogen) atoms. The lowest BCUT2D eigenvalue weighted by molar-refractivity contribution is 0.0199. The zero-order valence-corrected chi connectivity index (χ0v) is 25.6. The summed E-state index contributed by atoms with van der Waals surface area (Å²) in [5.41, 5.74) is 0.830. The average molecular weight is 623 g/mol. The quantitative estimate of drug-likeness (QED) is 0.298. The number of ether oxygens (including phenoxy) is 2. The van der Waals surface area contributed by atoms with E-state index in [-0.39, 0.29) is 34.7 Å². The van der Waals surface area contributed by atoms with E-state index < -0.39 is 24.3 Å². The van der Waals surface area contributed by atoms with Gasteiger partial charge in [-0.05, 0) is 64.7 Å². The SMILES string of the molecule is [2H]C([2H])([2H])NC(=O)c1cc(C)c(F)c(-c2cnn3cc(-c4cnc(C5CCN(C(=O)OC(C)(C)C)CC5)o4)c(N[C@H]4CCOC4)nc23)c1. The number of nitrogens with zero attached hydrogens (tertiary/aromatic N) is 5. The summed E-state index contributed by atoms with van der Waals surface area (Å²) in [6.45, 7) is 6.42. The van der Waals surface area contributed by atoms with Gasteiger partial charge in [-0.15, -0.1) is 0 Å². The van der Waals surface area contributed by atoms with Crippen molar-refractivity contribution in [3.63, 3.8) is 0 Å². The second-order valence-electron chi connectivity index (χ2n) is 12.4. The summed E-state index contributed by atoms with van der Waals surface area (Å²) in [6, 6.07) is 2.56. The lowest BCUT2D eigenvalue weighted by Gasteiger charge is -2.32. The number of nitrogens with one attached hydrogen (secondary N) is 2. The molecule has 4 aromatic rings. The third-order valence-electron chi connectivity index (χ3n) is 7.97. The fourth-order valence-electron chi connectivity index (χ4n) is 5.64. The number of aromatic nitrogens is 4. The highest BCUT2D eigenvalue weighted by Crippen LogP contribution is 2.36. The van der Waals surface area contributed by atoms with E-state index in [1.807, 2.05) is 26.1 Å². The molecule has 12 nitrogen and oxygen atoms in total. The van der Waals surface area contributed by atoms with Crippen LogP contribution in [0.2, 0.25) is 0 Å². The Morgan fingerprint density at radius 1 is 1.13 bits per heavy atom. The lowest BCUT2D eigenvalue weighted by atomic mass is 9.97. The molecule has 2 aliphatic rings. The summed E-state index contributed by atoms with van der Waals surface area (Å²) >= 11 is 0. The number of carbonyl (C=O) groups is 2. The number of halogens is 1. The molecule has 0 unspecified atom stereocenters. The van der Waals surface area contributed by atoms with E-state index in [1.165, 1.54) is 29.8 Å². The molecular formula is C32H38FN7O5. The third-order valence-corrected chi connectivity index (χ3v) is 7.97. The normalized spacial score (nSPS) is 18.8. The van der Waals surface area contributed by atoms with Crippen molar-refractivity contribution in [3.8, 4) is 22.5 Å². The molecule has 1 atom stereocenters. The van der Waals surface area contributed by atoms with E-state index in [0.717, 1.165) is 6.42 Å².